The highest BCUT2D eigenvalue weighted by Crippen LogP contribution is 2.35. The topological polar surface area (TPSA) is 54.0 Å². The van der Waals surface area contributed by atoms with E-state index >= 15 is 0 Å². The molecule has 0 spiro atoms. The van der Waals surface area contributed by atoms with Crippen molar-refractivity contribution in [1.29, 1.82) is 0 Å². The lowest BCUT2D eigenvalue weighted by molar-refractivity contribution is -0.120. The van der Waals surface area contributed by atoms with Crippen molar-refractivity contribution in [2.24, 2.45) is 5.92 Å². The van der Waals surface area contributed by atoms with Crippen LogP contribution in [0.4, 0.5) is 10.1 Å². The predicted octanol–water partition coefficient (Wildman–Crippen LogP) is 4.85. The smallest absolute Gasteiger partial charge is 0.227 e. The van der Waals surface area contributed by atoms with E-state index in [1.807, 2.05) is 24.3 Å². The van der Waals surface area contributed by atoms with Crippen LogP contribution >= 0.6 is 23.7 Å². The van der Waals surface area contributed by atoms with Gasteiger partial charge in [-0.05, 0) is 56.6 Å². The van der Waals surface area contributed by atoms with Crippen LogP contribution in [0.25, 0.3) is 20.8 Å². The molecule has 2 heterocycles. The first-order valence-electron chi connectivity index (χ1n) is 8.80. The number of anilines is 1. The van der Waals surface area contributed by atoms with E-state index in [9.17, 15) is 9.18 Å². The lowest BCUT2D eigenvalue weighted by Gasteiger charge is -2.27. The second-order valence-corrected chi connectivity index (χ2v) is 7.77. The highest BCUT2D eigenvalue weighted by atomic mass is 35.5. The van der Waals surface area contributed by atoms with Crippen LogP contribution in [-0.4, -0.2) is 23.5 Å². The van der Waals surface area contributed by atoms with Gasteiger partial charge in [-0.3, -0.25) is 4.79 Å². The Balaban J connectivity index is 0.00000210. The molecule has 1 aliphatic heterocycles. The number of benzene rings is 2. The molecule has 1 saturated heterocycles. The number of carbonyl (C=O) groups is 1. The molecule has 2 N–H and O–H groups in total. The Morgan fingerprint density at radius 3 is 2.89 bits per heavy atom. The molecule has 0 unspecified atom stereocenters. The van der Waals surface area contributed by atoms with Gasteiger partial charge in [-0.15, -0.1) is 23.7 Å². The SMILES string of the molecule is C[C@H]1C[C@@H](C(=O)Nc2ccc(F)cc2-c2nc3ccccc3s2)CCN1.Cl. The van der Waals surface area contributed by atoms with Gasteiger partial charge in [0, 0.05) is 17.5 Å². The lowest BCUT2D eigenvalue weighted by Crippen LogP contribution is -2.40. The number of amides is 1. The van der Waals surface area contributed by atoms with E-state index in [0.29, 0.717) is 22.3 Å². The molecule has 2 aromatic carbocycles. The van der Waals surface area contributed by atoms with Crippen LogP contribution in [0.1, 0.15) is 19.8 Å². The first-order chi connectivity index (χ1) is 12.6. The summed E-state index contributed by atoms with van der Waals surface area (Å²) < 4.78 is 14.9. The lowest BCUT2D eigenvalue weighted by atomic mass is 9.92. The zero-order chi connectivity index (χ0) is 18.1. The molecule has 27 heavy (non-hydrogen) atoms. The standard InChI is InChI=1S/C20H20FN3OS.ClH/c1-12-10-13(8-9-22-12)19(25)23-16-7-6-14(21)11-15(16)20-24-17-4-2-3-5-18(17)26-20;/h2-7,11-13,22H,8-10H2,1H3,(H,23,25);1H/t12-,13-;/m0./s1. The molecular weight excluding hydrogens is 385 g/mol. The molecule has 1 aromatic heterocycles. The zero-order valence-corrected chi connectivity index (χ0v) is 16.5. The van der Waals surface area contributed by atoms with E-state index in [0.717, 1.165) is 29.6 Å². The van der Waals surface area contributed by atoms with Crippen molar-refractivity contribution in [2.75, 3.05) is 11.9 Å². The van der Waals surface area contributed by atoms with Gasteiger partial charge in [0.05, 0.1) is 15.9 Å². The Morgan fingerprint density at radius 2 is 2.11 bits per heavy atom. The maximum atomic E-state index is 13.9. The van der Waals surface area contributed by atoms with Gasteiger partial charge >= 0.3 is 0 Å². The summed E-state index contributed by atoms with van der Waals surface area (Å²) in [7, 11) is 0. The molecule has 0 bridgehead atoms. The highest BCUT2D eigenvalue weighted by molar-refractivity contribution is 7.21. The Morgan fingerprint density at radius 1 is 1.30 bits per heavy atom. The van der Waals surface area contributed by atoms with Gasteiger partial charge < -0.3 is 10.6 Å². The molecule has 1 aliphatic rings. The Hall–Kier alpha value is -2.02. The fourth-order valence-corrected chi connectivity index (χ4v) is 4.39. The number of halogens is 2. The van der Waals surface area contributed by atoms with Crippen molar-refractivity contribution in [1.82, 2.24) is 10.3 Å². The number of para-hydroxylation sites is 1. The van der Waals surface area contributed by atoms with Crippen molar-refractivity contribution in [3.63, 3.8) is 0 Å². The number of rotatable bonds is 3. The molecule has 1 fully saturated rings. The minimum Gasteiger partial charge on any atom is -0.325 e. The third kappa shape index (κ3) is 4.29. The predicted molar refractivity (Wildman–Crippen MR) is 111 cm³/mol. The summed E-state index contributed by atoms with van der Waals surface area (Å²) in [5.41, 5.74) is 2.12. The molecule has 1 amide bonds. The number of hydrogen-bond donors (Lipinski definition) is 2. The normalized spacial score (nSPS) is 19.5. The first-order valence-corrected chi connectivity index (χ1v) is 9.61. The van der Waals surface area contributed by atoms with Gasteiger partial charge in [-0.2, -0.15) is 0 Å². The Labute approximate surface area is 167 Å². The third-order valence-corrected chi connectivity index (χ3v) is 5.83. The van der Waals surface area contributed by atoms with Crippen molar-refractivity contribution < 1.29 is 9.18 Å². The molecule has 2 atom stereocenters. The van der Waals surface area contributed by atoms with Crippen molar-refractivity contribution in [3.05, 3.63) is 48.3 Å². The minimum absolute atomic E-state index is 0. The van der Waals surface area contributed by atoms with Crippen molar-refractivity contribution >= 4 is 45.6 Å². The van der Waals surface area contributed by atoms with Crippen LogP contribution in [0.5, 0.6) is 0 Å². The number of nitrogens with one attached hydrogen (secondary N) is 2. The van der Waals surface area contributed by atoms with Gasteiger partial charge in [0.1, 0.15) is 10.8 Å². The van der Waals surface area contributed by atoms with Crippen LogP contribution in [0, 0.1) is 11.7 Å². The van der Waals surface area contributed by atoms with Crippen LogP contribution in [0.3, 0.4) is 0 Å². The van der Waals surface area contributed by atoms with Crippen molar-refractivity contribution in [3.8, 4) is 10.6 Å². The second-order valence-electron chi connectivity index (χ2n) is 6.74. The summed E-state index contributed by atoms with van der Waals surface area (Å²) in [6.07, 6.45) is 1.62. The van der Waals surface area contributed by atoms with Crippen LogP contribution in [0.15, 0.2) is 42.5 Å². The summed E-state index contributed by atoms with van der Waals surface area (Å²) in [5, 5.41) is 7.06. The molecule has 3 aromatic rings. The molecule has 4 nitrogen and oxygen atoms in total. The van der Waals surface area contributed by atoms with E-state index in [2.05, 4.69) is 22.5 Å². The van der Waals surface area contributed by atoms with E-state index in [1.54, 1.807) is 6.07 Å². The van der Waals surface area contributed by atoms with Gasteiger partial charge in [0.25, 0.3) is 0 Å². The second kappa shape index (κ2) is 8.33. The molecule has 142 valence electrons. The monoisotopic (exact) mass is 405 g/mol. The summed E-state index contributed by atoms with van der Waals surface area (Å²) in [6.45, 7) is 2.93. The third-order valence-electron chi connectivity index (χ3n) is 4.76. The first kappa shape index (κ1) is 19.7. The van der Waals surface area contributed by atoms with E-state index in [-0.39, 0.29) is 30.0 Å². The number of fused-ring (bicyclic) bond motifs is 1. The fraction of sp³-hybridized carbons (Fsp3) is 0.300. The summed E-state index contributed by atoms with van der Waals surface area (Å²) in [5.74, 6) is -0.375. The highest BCUT2D eigenvalue weighted by Gasteiger charge is 2.25. The molecule has 0 saturated carbocycles. The van der Waals surface area contributed by atoms with Crippen LogP contribution in [0.2, 0.25) is 0 Å². The average Bonchev–Trinajstić information content (AvgIpc) is 3.07. The largest absolute Gasteiger partial charge is 0.325 e. The molecular formula is C20H21ClFN3OS. The van der Waals surface area contributed by atoms with Crippen LogP contribution in [-0.2, 0) is 4.79 Å². The van der Waals surface area contributed by atoms with Gasteiger partial charge in [0.15, 0.2) is 0 Å². The summed E-state index contributed by atoms with van der Waals surface area (Å²) >= 11 is 1.50. The van der Waals surface area contributed by atoms with E-state index < -0.39 is 0 Å². The quantitative estimate of drug-likeness (QED) is 0.654. The minimum atomic E-state index is -0.340. The molecule has 0 aliphatic carbocycles. The summed E-state index contributed by atoms with van der Waals surface area (Å²) in [4.78, 5) is 17.3. The number of nitrogens with zero attached hydrogens (tertiary/aromatic N) is 1. The van der Waals surface area contributed by atoms with Gasteiger partial charge in [-0.25, -0.2) is 9.37 Å². The molecule has 4 rings (SSSR count). The van der Waals surface area contributed by atoms with E-state index in [4.69, 9.17) is 0 Å². The maximum Gasteiger partial charge on any atom is 0.227 e. The number of carbonyl (C=O) groups excluding carboxylic acids is 1. The summed E-state index contributed by atoms with van der Waals surface area (Å²) in [6, 6.07) is 12.6. The Kier molecular flexibility index (Phi) is 6.09. The van der Waals surface area contributed by atoms with Gasteiger partial charge in [-0.1, -0.05) is 12.1 Å². The van der Waals surface area contributed by atoms with Crippen molar-refractivity contribution in [2.45, 2.75) is 25.8 Å². The molecule has 0 radical (unpaired) electrons. The number of aromatic nitrogens is 1. The van der Waals surface area contributed by atoms with Crippen LogP contribution < -0.4 is 10.6 Å². The number of hydrogen-bond acceptors (Lipinski definition) is 4. The molecule has 7 heteroatoms. The van der Waals surface area contributed by atoms with E-state index in [1.165, 1.54) is 23.5 Å². The number of piperidine rings is 1. The average molecular weight is 406 g/mol. The fourth-order valence-electron chi connectivity index (χ4n) is 3.39. The van der Waals surface area contributed by atoms with Gasteiger partial charge in [0.2, 0.25) is 5.91 Å². The number of thiazole rings is 1. The Bertz CT molecular complexity index is 928. The maximum absolute atomic E-state index is 13.9. The zero-order valence-electron chi connectivity index (χ0n) is 14.9.